The summed E-state index contributed by atoms with van der Waals surface area (Å²) < 4.78 is 0. The number of rotatable bonds is 2. The summed E-state index contributed by atoms with van der Waals surface area (Å²) in [5.74, 6) is -1.35. The van der Waals surface area contributed by atoms with E-state index in [0.717, 1.165) is 0 Å². The fourth-order valence-corrected chi connectivity index (χ4v) is 0.884. The first-order chi connectivity index (χ1) is 6.69. The molecule has 66 valence electrons. The largest absolute Gasteiger partial charge is 0.385 e. The van der Waals surface area contributed by atoms with Crippen molar-refractivity contribution in [1.82, 2.24) is 0 Å². The minimum absolute atomic E-state index is 0.224. The fourth-order valence-electron chi connectivity index (χ4n) is 0.884. The monoisotopic (exact) mass is 184 g/mol. The van der Waals surface area contributed by atoms with Crippen LogP contribution in [0.3, 0.4) is 0 Å². The normalized spacial score (nSPS) is 8.43. The van der Waals surface area contributed by atoms with E-state index in [-0.39, 0.29) is 11.1 Å². The summed E-state index contributed by atoms with van der Waals surface area (Å²) in [5.41, 5.74) is 0.447. The minimum atomic E-state index is -0.674. The van der Waals surface area contributed by atoms with Crippen LogP contribution in [0.1, 0.15) is 20.7 Å². The zero-order chi connectivity index (χ0) is 10.6. The lowest BCUT2D eigenvalue weighted by atomic mass is 10.1. The van der Waals surface area contributed by atoms with Gasteiger partial charge in [-0.25, -0.2) is 0 Å². The van der Waals surface area contributed by atoms with Gasteiger partial charge in [0.15, 0.2) is 0 Å². The maximum absolute atomic E-state index is 10.9. The van der Waals surface area contributed by atoms with E-state index in [9.17, 15) is 9.59 Å². The number of carbonyl (C=O) groups excluding carboxylic acids is 2. The van der Waals surface area contributed by atoms with Gasteiger partial charge in [0.2, 0.25) is 0 Å². The number of nitrogens with zero attached hydrogens (tertiary/aromatic N) is 2. The van der Waals surface area contributed by atoms with Crippen LogP contribution in [-0.4, -0.2) is 11.8 Å². The van der Waals surface area contributed by atoms with Crippen molar-refractivity contribution >= 4 is 11.8 Å². The van der Waals surface area contributed by atoms with Gasteiger partial charge in [0, 0.05) is 11.1 Å². The highest BCUT2D eigenvalue weighted by atomic mass is 16.1. The molecule has 0 aliphatic heterocycles. The second-order valence-corrected chi connectivity index (χ2v) is 2.41. The average molecular weight is 184 g/mol. The first-order valence-electron chi connectivity index (χ1n) is 3.62. The van der Waals surface area contributed by atoms with Crippen LogP contribution in [0.15, 0.2) is 24.3 Å². The van der Waals surface area contributed by atoms with Gasteiger partial charge < -0.3 is 9.59 Å². The molecule has 0 unspecified atom stereocenters. The molecule has 0 fully saturated rings. The Morgan fingerprint density at radius 1 is 0.857 bits per heavy atom. The molecule has 1 aromatic carbocycles. The van der Waals surface area contributed by atoms with E-state index in [1.165, 1.54) is 24.3 Å². The second kappa shape index (κ2) is 3.97. The summed E-state index contributed by atoms with van der Waals surface area (Å²) in [5, 5.41) is 0. The quantitative estimate of drug-likeness (QED) is 0.658. The lowest BCUT2D eigenvalue weighted by Gasteiger charge is -1.94. The highest BCUT2D eigenvalue weighted by Gasteiger charge is 2.07. The summed E-state index contributed by atoms with van der Waals surface area (Å²) in [4.78, 5) is 27.2. The van der Waals surface area contributed by atoms with Crippen LogP contribution < -0.4 is 0 Å². The van der Waals surface area contributed by atoms with Gasteiger partial charge >= 0.3 is 11.8 Å². The Labute approximate surface area is 80.4 Å². The fraction of sp³-hybridized carbons (Fsp3) is 0. The van der Waals surface area contributed by atoms with Crippen LogP contribution in [0.4, 0.5) is 0 Å². The first-order valence-corrected chi connectivity index (χ1v) is 3.62. The average Bonchev–Trinajstić information content (AvgIpc) is 2.27. The van der Waals surface area contributed by atoms with Crippen molar-refractivity contribution in [1.29, 1.82) is 0 Å². The van der Waals surface area contributed by atoms with E-state index >= 15 is 0 Å². The highest BCUT2D eigenvalue weighted by molar-refractivity contribution is 6.04. The van der Waals surface area contributed by atoms with Crippen molar-refractivity contribution in [2.75, 3.05) is 0 Å². The third-order valence-corrected chi connectivity index (χ3v) is 1.58. The van der Waals surface area contributed by atoms with Crippen molar-refractivity contribution < 1.29 is 9.59 Å². The molecule has 0 atom stereocenters. The molecule has 1 rings (SSSR count). The maximum Gasteiger partial charge on any atom is 0.385 e. The molecule has 0 heterocycles. The molecule has 0 N–H and O–H groups in total. The second-order valence-electron chi connectivity index (χ2n) is 2.41. The van der Waals surface area contributed by atoms with Gasteiger partial charge in [0.05, 0.1) is 13.1 Å². The van der Waals surface area contributed by atoms with Crippen molar-refractivity contribution in [2.45, 2.75) is 0 Å². The first kappa shape index (κ1) is 9.63. The molecule has 0 saturated carbocycles. The minimum Gasteiger partial charge on any atom is -0.311 e. The molecule has 14 heavy (non-hydrogen) atoms. The molecular formula is C10H4N2O2. The molecule has 0 aliphatic carbocycles. The topological polar surface area (TPSA) is 42.9 Å². The molecule has 0 spiro atoms. The molecule has 1 aromatic rings. The number of hydrogen-bond donors (Lipinski definition) is 0. The van der Waals surface area contributed by atoms with Crippen LogP contribution >= 0.6 is 0 Å². The molecule has 4 nitrogen and oxygen atoms in total. The van der Waals surface area contributed by atoms with E-state index in [2.05, 4.69) is 9.69 Å². The molecule has 0 bridgehead atoms. The summed E-state index contributed by atoms with van der Waals surface area (Å²) >= 11 is 0. The Hall–Kier alpha value is -2.46. The molecule has 0 aliphatic rings. The van der Waals surface area contributed by atoms with Crippen LogP contribution in [0.2, 0.25) is 0 Å². The van der Waals surface area contributed by atoms with E-state index in [1.54, 1.807) is 0 Å². The number of amides is 2. The lowest BCUT2D eigenvalue weighted by Crippen LogP contribution is -1.95. The van der Waals surface area contributed by atoms with Crippen molar-refractivity contribution in [2.24, 2.45) is 0 Å². The van der Waals surface area contributed by atoms with Gasteiger partial charge in [-0.15, -0.1) is 0 Å². The summed E-state index contributed by atoms with van der Waals surface area (Å²) in [6.07, 6.45) is 0. The van der Waals surface area contributed by atoms with Crippen molar-refractivity contribution in [3.63, 3.8) is 0 Å². The summed E-state index contributed by atoms with van der Waals surface area (Å²) in [6, 6.07) is 5.44. The summed E-state index contributed by atoms with van der Waals surface area (Å²) in [7, 11) is 0. The zero-order valence-corrected chi connectivity index (χ0v) is 7.02. The third kappa shape index (κ3) is 1.82. The van der Waals surface area contributed by atoms with Crippen molar-refractivity contribution in [3.05, 3.63) is 58.2 Å². The Morgan fingerprint density at radius 3 is 1.36 bits per heavy atom. The molecular weight excluding hydrogens is 180 g/mol. The third-order valence-electron chi connectivity index (χ3n) is 1.58. The van der Waals surface area contributed by atoms with Crippen LogP contribution in [0.5, 0.6) is 0 Å². The van der Waals surface area contributed by atoms with Crippen LogP contribution in [0.25, 0.3) is 9.69 Å². The van der Waals surface area contributed by atoms with Crippen molar-refractivity contribution in [3.8, 4) is 0 Å². The molecule has 0 aromatic heterocycles. The van der Waals surface area contributed by atoms with Gasteiger partial charge in [0.25, 0.3) is 0 Å². The smallest absolute Gasteiger partial charge is 0.311 e. The molecule has 2 amide bonds. The number of hydrogen-bond acceptors (Lipinski definition) is 2. The Balaban J connectivity index is 3.03. The Kier molecular flexibility index (Phi) is 2.73. The predicted octanol–water partition coefficient (Wildman–Crippen LogP) is 1.81. The standard InChI is InChI=1S/C10H4N2O2/c1-11-9(13)7-3-5-8(6-4-7)10(14)12-2/h3-6H. The number of carbonyl (C=O) groups is 2. The molecule has 0 saturated heterocycles. The van der Waals surface area contributed by atoms with E-state index in [4.69, 9.17) is 13.1 Å². The van der Waals surface area contributed by atoms with Gasteiger partial charge in [-0.2, -0.15) is 9.69 Å². The zero-order valence-electron chi connectivity index (χ0n) is 7.02. The van der Waals surface area contributed by atoms with E-state index < -0.39 is 11.8 Å². The number of benzene rings is 1. The molecule has 0 radical (unpaired) electrons. The van der Waals surface area contributed by atoms with E-state index in [1.807, 2.05) is 0 Å². The Morgan fingerprint density at radius 2 is 1.14 bits per heavy atom. The maximum atomic E-state index is 10.9. The highest BCUT2D eigenvalue weighted by Crippen LogP contribution is 2.06. The SMILES string of the molecule is [C-]#[N+]C(=O)c1ccc(C(=O)[N+]#[C-])cc1. The van der Waals surface area contributed by atoms with Crippen LogP contribution in [0, 0.1) is 13.1 Å². The van der Waals surface area contributed by atoms with Gasteiger partial charge in [0.1, 0.15) is 0 Å². The van der Waals surface area contributed by atoms with Gasteiger partial charge in [-0.1, -0.05) is 24.3 Å². The van der Waals surface area contributed by atoms with Gasteiger partial charge in [-0.3, -0.25) is 0 Å². The van der Waals surface area contributed by atoms with Gasteiger partial charge in [-0.05, 0) is 0 Å². The lowest BCUT2D eigenvalue weighted by molar-refractivity contribution is 0.103. The predicted molar refractivity (Wildman–Crippen MR) is 48.3 cm³/mol. The van der Waals surface area contributed by atoms with Crippen LogP contribution in [-0.2, 0) is 0 Å². The molecule has 4 heteroatoms. The Bertz CT molecular complexity index is 415. The van der Waals surface area contributed by atoms with E-state index in [0.29, 0.717) is 0 Å². The summed E-state index contributed by atoms with van der Waals surface area (Å²) in [6.45, 7) is 13.0.